The van der Waals surface area contributed by atoms with Crippen LogP contribution in [-0.4, -0.2) is 19.9 Å². The fourth-order valence-corrected chi connectivity index (χ4v) is 6.03. The Kier molecular flexibility index (Phi) is 5.41. The maximum atomic E-state index is 5.96. The van der Waals surface area contributed by atoms with Crippen molar-refractivity contribution in [1.29, 1.82) is 0 Å². The third-order valence-electron chi connectivity index (χ3n) is 8.21. The van der Waals surface area contributed by atoms with Crippen LogP contribution < -0.4 is 0 Å². The van der Waals surface area contributed by atoms with Crippen LogP contribution in [0, 0.1) is 0 Å². The molecule has 1 aliphatic carbocycles. The van der Waals surface area contributed by atoms with Gasteiger partial charge in [-0.05, 0) is 58.7 Å². The maximum Gasteiger partial charge on any atom is 0.247 e. The molecule has 3 heterocycles. The number of fused-ring (bicyclic) bond motifs is 4. The zero-order valence-electron chi connectivity index (χ0n) is 23.2. The van der Waals surface area contributed by atoms with E-state index < -0.39 is 0 Å². The SMILES string of the molecule is CC1(C)c2ccccc2-c2ccc(-c3cc(-c4ccccc4)nc(-c4cccc(-c5nc6cccnc6o5)c4)n3)cc21. The van der Waals surface area contributed by atoms with Crippen molar-refractivity contribution in [2.24, 2.45) is 0 Å². The molecule has 1 aliphatic rings. The van der Waals surface area contributed by atoms with Crippen LogP contribution in [0.3, 0.4) is 0 Å². The van der Waals surface area contributed by atoms with Gasteiger partial charge in [0.1, 0.15) is 5.52 Å². The van der Waals surface area contributed by atoms with Crippen molar-refractivity contribution >= 4 is 11.2 Å². The molecule has 0 unspecified atom stereocenters. The van der Waals surface area contributed by atoms with E-state index in [0.717, 1.165) is 39.2 Å². The zero-order chi connectivity index (χ0) is 28.3. The van der Waals surface area contributed by atoms with Crippen LogP contribution in [0.4, 0.5) is 0 Å². The number of benzene rings is 4. The van der Waals surface area contributed by atoms with E-state index in [0.29, 0.717) is 17.4 Å². The van der Waals surface area contributed by atoms with Crippen molar-refractivity contribution in [2.45, 2.75) is 19.3 Å². The van der Waals surface area contributed by atoms with Gasteiger partial charge >= 0.3 is 0 Å². The monoisotopic (exact) mass is 542 g/mol. The standard InChI is InChI=1S/C37H26N4O/c1-37(2)29-15-7-6-14-27(29)28-18-17-24(21-30(28)37)33-22-32(23-10-4-3-5-11-23)39-34(40-33)25-12-8-13-26(20-25)35-41-31-16-9-19-38-36(31)42-35/h3-22H,1-2H3. The number of hydrogen-bond acceptors (Lipinski definition) is 5. The second kappa shape index (κ2) is 9.32. The third-order valence-corrected chi connectivity index (χ3v) is 8.21. The first kappa shape index (κ1) is 24.4. The highest BCUT2D eigenvalue weighted by molar-refractivity contribution is 5.84. The fourth-order valence-electron chi connectivity index (χ4n) is 6.03. The van der Waals surface area contributed by atoms with E-state index in [1.54, 1.807) is 6.20 Å². The van der Waals surface area contributed by atoms with Crippen molar-refractivity contribution in [3.8, 4) is 56.5 Å². The molecule has 0 atom stereocenters. The summed E-state index contributed by atoms with van der Waals surface area (Å²) in [7, 11) is 0. The minimum absolute atomic E-state index is 0.0944. The van der Waals surface area contributed by atoms with Crippen LogP contribution in [0.25, 0.3) is 67.7 Å². The van der Waals surface area contributed by atoms with Crippen LogP contribution in [0.15, 0.2) is 126 Å². The predicted molar refractivity (Wildman–Crippen MR) is 167 cm³/mol. The lowest BCUT2D eigenvalue weighted by Gasteiger charge is -2.22. The first-order chi connectivity index (χ1) is 20.5. The Morgan fingerprint density at radius 3 is 2.14 bits per heavy atom. The van der Waals surface area contributed by atoms with Gasteiger partial charge in [0.2, 0.25) is 11.6 Å². The molecule has 42 heavy (non-hydrogen) atoms. The lowest BCUT2D eigenvalue weighted by atomic mass is 9.82. The van der Waals surface area contributed by atoms with Gasteiger partial charge in [-0.3, -0.25) is 0 Å². The van der Waals surface area contributed by atoms with Crippen LogP contribution >= 0.6 is 0 Å². The molecule has 4 aromatic carbocycles. The Bertz CT molecular complexity index is 2100. The minimum atomic E-state index is -0.0944. The lowest BCUT2D eigenvalue weighted by Crippen LogP contribution is -2.14. The number of aromatic nitrogens is 4. The number of pyridine rings is 1. The van der Waals surface area contributed by atoms with Gasteiger partial charge in [-0.15, -0.1) is 0 Å². The van der Waals surface area contributed by atoms with E-state index in [4.69, 9.17) is 14.4 Å². The van der Waals surface area contributed by atoms with Crippen LogP contribution in [0.2, 0.25) is 0 Å². The van der Waals surface area contributed by atoms with E-state index in [2.05, 4.69) is 84.5 Å². The maximum absolute atomic E-state index is 5.96. The first-order valence-electron chi connectivity index (χ1n) is 14.1. The average Bonchev–Trinajstić information content (AvgIpc) is 3.58. The third kappa shape index (κ3) is 3.93. The van der Waals surface area contributed by atoms with Gasteiger partial charge < -0.3 is 4.42 Å². The molecule has 0 saturated heterocycles. The topological polar surface area (TPSA) is 64.7 Å². The Labute approximate surface area is 243 Å². The van der Waals surface area contributed by atoms with E-state index in [-0.39, 0.29) is 5.41 Å². The van der Waals surface area contributed by atoms with Crippen molar-refractivity contribution in [2.75, 3.05) is 0 Å². The van der Waals surface area contributed by atoms with Gasteiger partial charge in [-0.25, -0.2) is 19.9 Å². The highest BCUT2D eigenvalue weighted by Crippen LogP contribution is 2.49. The van der Waals surface area contributed by atoms with E-state index >= 15 is 0 Å². The molecule has 7 aromatic rings. The van der Waals surface area contributed by atoms with Crippen molar-refractivity contribution in [1.82, 2.24) is 19.9 Å². The Morgan fingerprint density at radius 1 is 0.548 bits per heavy atom. The summed E-state index contributed by atoms with van der Waals surface area (Å²) in [6.07, 6.45) is 1.71. The molecular weight excluding hydrogens is 516 g/mol. The summed E-state index contributed by atoms with van der Waals surface area (Å²) in [6, 6.07) is 39.6. The molecule has 0 fully saturated rings. The molecule has 0 bridgehead atoms. The van der Waals surface area contributed by atoms with Crippen LogP contribution in [0.1, 0.15) is 25.0 Å². The van der Waals surface area contributed by atoms with Gasteiger partial charge in [-0.1, -0.05) is 92.7 Å². The average molecular weight is 543 g/mol. The summed E-state index contributed by atoms with van der Waals surface area (Å²) < 4.78 is 5.96. The molecule has 5 heteroatoms. The number of nitrogens with zero attached hydrogens (tertiary/aromatic N) is 4. The smallest absolute Gasteiger partial charge is 0.247 e. The molecular formula is C37H26N4O. The molecule has 8 rings (SSSR count). The molecule has 3 aromatic heterocycles. The summed E-state index contributed by atoms with van der Waals surface area (Å²) in [4.78, 5) is 19.1. The second-order valence-corrected chi connectivity index (χ2v) is 11.2. The molecule has 5 nitrogen and oxygen atoms in total. The second-order valence-electron chi connectivity index (χ2n) is 11.2. The Balaban J connectivity index is 1.27. The molecule has 0 amide bonds. The number of hydrogen-bond donors (Lipinski definition) is 0. The van der Waals surface area contributed by atoms with Crippen LogP contribution in [0.5, 0.6) is 0 Å². The summed E-state index contributed by atoms with van der Waals surface area (Å²) in [5.41, 5.74) is 12.0. The van der Waals surface area contributed by atoms with Gasteiger partial charge in [-0.2, -0.15) is 0 Å². The summed E-state index contributed by atoms with van der Waals surface area (Å²) >= 11 is 0. The molecule has 0 saturated carbocycles. The number of oxazole rings is 1. The highest BCUT2D eigenvalue weighted by Gasteiger charge is 2.35. The molecule has 200 valence electrons. The van der Waals surface area contributed by atoms with E-state index in [1.165, 1.54) is 22.3 Å². The largest absolute Gasteiger partial charge is 0.418 e. The summed E-state index contributed by atoms with van der Waals surface area (Å²) in [5, 5.41) is 0. The van der Waals surface area contributed by atoms with Crippen molar-refractivity contribution < 1.29 is 4.42 Å². The van der Waals surface area contributed by atoms with Gasteiger partial charge in [0.15, 0.2) is 5.82 Å². The highest BCUT2D eigenvalue weighted by atomic mass is 16.4. The number of rotatable bonds is 4. The minimum Gasteiger partial charge on any atom is -0.418 e. The van der Waals surface area contributed by atoms with Crippen molar-refractivity contribution in [3.63, 3.8) is 0 Å². The van der Waals surface area contributed by atoms with Crippen LogP contribution in [-0.2, 0) is 5.41 Å². The van der Waals surface area contributed by atoms with Gasteiger partial charge in [0, 0.05) is 33.9 Å². The lowest BCUT2D eigenvalue weighted by molar-refractivity contribution is 0.608. The molecule has 0 radical (unpaired) electrons. The molecule has 0 spiro atoms. The Hall–Kier alpha value is -5.42. The van der Waals surface area contributed by atoms with Gasteiger partial charge in [0.05, 0.1) is 11.4 Å². The van der Waals surface area contributed by atoms with E-state index in [9.17, 15) is 0 Å². The quantitative estimate of drug-likeness (QED) is 0.222. The Morgan fingerprint density at radius 2 is 1.29 bits per heavy atom. The fraction of sp³-hybridized carbons (Fsp3) is 0.0811. The molecule has 0 N–H and O–H groups in total. The zero-order valence-corrected chi connectivity index (χ0v) is 23.2. The normalized spacial score (nSPS) is 13.2. The van der Waals surface area contributed by atoms with Gasteiger partial charge in [0.25, 0.3) is 0 Å². The molecule has 0 aliphatic heterocycles. The summed E-state index contributed by atoms with van der Waals surface area (Å²) in [6.45, 7) is 4.60. The van der Waals surface area contributed by atoms with Crippen molar-refractivity contribution in [3.05, 3.63) is 133 Å². The predicted octanol–water partition coefficient (Wildman–Crippen LogP) is 8.99. The summed E-state index contributed by atoms with van der Waals surface area (Å²) in [5.74, 6) is 1.16. The first-order valence-corrected chi connectivity index (χ1v) is 14.1. The van der Waals surface area contributed by atoms with E-state index in [1.807, 2.05) is 54.6 Å².